The van der Waals surface area contributed by atoms with E-state index in [2.05, 4.69) is 15.2 Å². The average molecular weight is 616 g/mol. The number of Topliss-reactive ketones (excluding diaryl/α,β-unsaturated/α-hetero) is 1. The Balaban J connectivity index is 1.13. The first-order valence-corrected chi connectivity index (χ1v) is 15.1. The summed E-state index contributed by atoms with van der Waals surface area (Å²) >= 11 is 9.27. The molecule has 1 atom stereocenters. The summed E-state index contributed by atoms with van der Waals surface area (Å²) in [6, 6.07) is 10.1. The molecule has 8 nitrogen and oxygen atoms in total. The van der Waals surface area contributed by atoms with Crippen molar-refractivity contribution in [1.82, 2.24) is 4.98 Å². The number of aromatic nitrogens is 1. The number of halogens is 2. The summed E-state index contributed by atoms with van der Waals surface area (Å²) in [4.78, 5) is 43.7. The Morgan fingerprint density at radius 2 is 2.07 bits per heavy atom. The van der Waals surface area contributed by atoms with Crippen molar-refractivity contribution >= 4 is 72.8 Å². The molecule has 214 valence electrons. The second-order valence-corrected chi connectivity index (χ2v) is 12.2. The Labute approximate surface area is 248 Å². The fourth-order valence-corrected chi connectivity index (χ4v) is 6.95. The van der Waals surface area contributed by atoms with Crippen molar-refractivity contribution in [2.45, 2.75) is 38.1 Å². The van der Waals surface area contributed by atoms with Gasteiger partial charge in [-0.3, -0.25) is 14.4 Å². The first-order chi connectivity index (χ1) is 19.8. The molecule has 2 N–H and O–H groups in total. The molecule has 0 saturated carbocycles. The van der Waals surface area contributed by atoms with E-state index in [1.54, 1.807) is 11.6 Å². The number of hydrogen-bond acceptors (Lipinski definition) is 8. The lowest BCUT2D eigenvalue weighted by atomic mass is 10.1. The van der Waals surface area contributed by atoms with Crippen molar-refractivity contribution in [3.8, 4) is 0 Å². The van der Waals surface area contributed by atoms with Gasteiger partial charge in [0.25, 0.3) is 5.91 Å². The van der Waals surface area contributed by atoms with E-state index in [4.69, 9.17) is 21.4 Å². The number of carboxylic acid groups (broad SMARTS) is 1. The molecule has 1 aliphatic heterocycles. The summed E-state index contributed by atoms with van der Waals surface area (Å²) in [6.07, 6.45) is 3.87. The highest BCUT2D eigenvalue weighted by Gasteiger charge is 2.27. The van der Waals surface area contributed by atoms with E-state index in [9.17, 15) is 18.8 Å². The maximum absolute atomic E-state index is 14.9. The molecule has 0 spiro atoms. The van der Waals surface area contributed by atoms with Crippen LogP contribution in [0.1, 0.15) is 40.1 Å². The summed E-state index contributed by atoms with van der Waals surface area (Å²) in [5.41, 5.74) is 0.737. The molecule has 0 bridgehead atoms. The monoisotopic (exact) mass is 615 g/mol. The molecule has 1 aliphatic rings. The number of thiophene rings is 1. The number of carbonyl (C=O) groups is 3. The third-order valence-electron chi connectivity index (χ3n) is 6.82. The van der Waals surface area contributed by atoms with Crippen molar-refractivity contribution in [1.29, 1.82) is 0 Å². The van der Waals surface area contributed by atoms with E-state index in [1.165, 1.54) is 28.7 Å². The van der Waals surface area contributed by atoms with Gasteiger partial charge in [-0.25, -0.2) is 9.37 Å². The van der Waals surface area contributed by atoms with Gasteiger partial charge >= 0.3 is 5.97 Å². The summed E-state index contributed by atoms with van der Waals surface area (Å²) in [6.45, 7) is 0.956. The van der Waals surface area contributed by atoms with Crippen LogP contribution in [0.25, 0.3) is 10.1 Å². The number of aryl methyl sites for hydroxylation is 1. The Morgan fingerprint density at radius 1 is 1.24 bits per heavy atom. The average Bonchev–Trinajstić information content (AvgIpc) is 3.70. The second-order valence-electron chi connectivity index (χ2n) is 9.75. The molecule has 2 aromatic heterocycles. The summed E-state index contributed by atoms with van der Waals surface area (Å²) in [5.74, 6) is -2.17. The Kier molecular flexibility index (Phi) is 9.29. The minimum absolute atomic E-state index is 0.0516. The second kappa shape index (κ2) is 13.1. The van der Waals surface area contributed by atoms with Gasteiger partial charge in [-0.2, -0.15) is 0 Å². The molecule has 1 saturated heterocycles. The van der Waals surface area contributed by atoms with Crippen LogP contribution in [0.4, 0.5) is 15.2 Å². The van der Waals surface area contributed by atoms with E-state index in [0.717, 1.165) is 45.5 Å². The topological polar surface area (TPSA) is 109 Å². The number of nitrogens with one attached hydrogen (secondary N) is 1. The molecule has 0 aliphatic carbocycles. The van der Waals surface area contributed by atoms with Gasteiger partial charge in [0.1, 0.15) is 12.4 Å². The largest absolute Gasteiger partial charge is 0.481 e. The lowest BCUT2D eigenvalue weighted by molar-refractivity contribution is -0.137. The van der Waals surface area contributed by atoms with Gasteiger partial charge < -0.3 is 20.1 Å². The number of aliphatic carboxylic acids is 1. The van der Waals surface area contributed by atoms with Crippen LogP contribution in [0, 0.1) is 5.82 Å². The van der Waals surface area contributed by atoms with Crippen LogP contribution in [-0.4, -0.2) is 53.6 Å². The first kappa shape index (κ1) is 29.1. The molecule has 3 heterocycles. The minimum Gasteiger partial charge on any atom is -0.481 e. The standard InChI is InChI=1S/C29H27ClFN3O5S2/c30-23-11-17(24(31)12-25(23)33-28(38)22-16-40-26-6-2-1-5-21(22)26)10-19(35)15-39-14-18-4-3-9-34(18)29-32-13-20(41-29)7-8-27(36)37/h1-2,5-6,11-13,16,18H,3-4,7-10,14-15H2,(H,33,38)(H,36,37)/t18-/m0/s1. The fraction of sp³-hybridized carbons (Fsp3) is 0.310. The molecule has 1 amide bonds. The molecular weight excluding hydrogens is 589 g/mol. The molecule has 5 rings (SSSR count). The highest BCUT2D eigenvalue weighted by atomic mass is 35.5. The molecule has 12 heteroatoms. The maximum atomic E-state index is 14.9. The number of ketones is 1. The van der Waals surface area contributed by atoms with Gasteiger partial charge in [0.05, 0.1) is 35.3 Å². The Morgan fingerprint density at radius 3 is 2.90 bits per heavy atom. The Hall–Kier alpha value is -3.38. The molecule has 1 fully saturated rings. The molecule has 2 aromatic carbocycles. The van der Waals surface area contributed by atoms with Crippen LogP contribution in [0.15, 0.2) is 48.0 Å². The van der Waals surface area contributed by atoms with Crippen molar-refractivity contribution in [2.75, 3.05) is 30.0 Å². The normalized spacial score (nSPS) is 15.0. The smallest absolute Gasteiger partial charge is 0.303 e. The van der Waals surface area contributed by atoms with Gasteiger partial charge in [-0.05, 0) is 43.0 Å². The predicted molar refractivity (Wildman–Crippen MR) is 159 cm³/mol. The molecule has 0 radical (unpaired) electrons. The van der Waals surface area contributed by atoms with Crippen LogP contribution in [0.2, 0.25) is 5.02 Å². The van der Waals surface area contributed by atoms with Crippen molar-refractivity contribution in [2.24, 2.45) is 0 Å². The van der Waals surface area contributed by atoms with E-state index in [1.807, 2.05) is 24.3 Å². The van der Waals surface area contributed by atoms with E-state index in [-0.39, 0.29) is 47.5 Å². The van der Waals surface area contributed by atoms with Gasteiger partial charge in [-0.15, -0.1) is 22.7 Å². The number of nitrogens with zero attached hydrogens (tertiary/aromatic N) is 2. The number of rotatable bonds is 12. The molecular formula is C29H27ClFN3O5S2. The number of hydrogen-bond donors (Lipinski definition) is 2. The number of carboxylic acids is 1. The van der Waals surface area contributed by atoms with Crippen LogP contribution in [0.5, 0.6) is 0 Å². The number of thiazole rings is 1. The minimum atomic E-state index is -0.843. The summed E-state index contributed by atoms with van der Waals surface area (Å²) in [7, 11) is 0. The molecule has 41 heavy (non-hydrogen) atoms. The molecule has 4 aromatic rings. The lowest BCUT2D eigenvalue weighted by Crippen LogP contribution is -2.33. The number of ether oxygens (including phenoxy) is 1. The van der Waals surface area contributed by atoms with Crippen LogP contribution >= 0.6 is 34.3 Å². The number of carbonyl (C=O) groups excluding carboxylic acids is 2. The highest BCUT2D eigenvalue weighted by Crippen LogP contribution is 2.31. The zero-order valence-electron chi connectivity index (χ0n) is 21.9. The number of amides is 1. The van der Waals surface area contributed by atoms with Gasteiger partial charge in [0, 0.05) is 39.5 Å². The maximum Gasteiger partial charge on any atom is 0.303 e. The van der Waals surface area contributed by atoms with Crippen LogP contribution in [0.3, 0.4) is 0 Å². The summed E-state index contributed by atoms with van der Waals surface area (Å²) in [5, 5.41) is 15.1. The highest BCUT2D eigenvalue weighted by molar-refractivity contribution is 7.17. The third-order valence-corrected chi connectivity index (χ3v) is 9.19. The lowest BCUT2D eigenvalue weighted by Gasteiger charge is -2.23. The Bertz CT molecular complexity index is 1590. The van der Waals surface area contributed by atoms with Gasteiger partial charge in [-0.1, -0.05) is 29.8 Å². The SMILES string of the molecule is O=C(O)CCc1cnc(N2CCC[C@H]2COCC(=O)Cc2cc(Cl)c(NC(=O)c3csc4ccccc34)cc2F)s1. The predicted octanol–water partition coefficient (Wildman–Crippen LogP) is 6.22. The van der Waals surface area contributed by atoms with Gasteiger partial charge in [0.2, 0.25) is 0 Å². The first-order valence-electron chi connectivity index (χ1n) is 13.1. The number of fused-ring (bicyclic) bond motifs is 1. The molecule has 0 unspecified atom stereocenters. The van der Waals surface area contributed by atoms with Crippen molar-refractivity contribution < 1.29 is 28.6 Å². The van der Waals surface area contributed by atoms with Crippen LogP contribution in [-0.2, 0) is 27.2 Å². The number of anilines is 2. The van der Waals surface area contributed by atoms with Crippen molar-refractivity contribution in [3.05, 3.63) is 74.8 Å². The van der Waals surface area contributed by atoms with Crippen molar-refractivity contribution in [3.63, 3.8) is 0 Å². The van der Waals surface area contributed by atoms with Gasteiger partial charge in [0.15, 0.2) is 10.9 Å². The quantitative estimate of drug-likeness (QED) is 0.195. The fourth-order valence-electron chi connectivity index (χ4n) is 4.77. The zero-order valence-corrected chi connectivity index (χ0v) is 24.3. The van der Waals surface area contributed by atoms with Crippen LogP contribution < -0.4 is 10.2 Å². The van der Waals surface area contributed by atoms with E-state index in [0.29, 0.717) is 18.6 Å². The van der Waals surface area contributed by atoms with E-state index < -0.39 is 17.7 Å². The zero-order chi connectivity index (χ0) is 28.9. The number of benzene rings is 2. The van der Waals surface area contributed by atoms with E-state index >= 15 is 0 Å². The summed E-state index contributed by atoms with van der Waals surface area (Å²) < 4.78 is 21.6. The third kappa shape index (κ3) is 7.10.